The van der Waals surface area contributed by atoms with Crippen LogP contribution < -0.4 is 0 Å². The van der Waals surface area contributed by atoms with Crippen molar-refractivity contribution < 1.29 is 24.3 Å². The summed E-state index contributed by atoms with van der Waals surface area (Å²) in [6.45, 7) is 4.22. The van der Waals surface area contributed by atoms with Crippen LogP contribution in [0.1, 0.15) is 26.2 Å². The maximum atomic E-state index is 8.00. The monoisotopic (exact) mass is 237 g/mol. The van der Waals surface area contributed by atoms with E-state index in [1.807, 2.05) is 6.79 Å². The van der Waals surface area contributed by atoms with E-state index < -0.39 is 0 Å². The topological polar surface area (TPSA) is 17.1 Å². The predicted octanol–water partition coefficient (Wildman–Crippen LogP) is 1.86. The third-order valence-corrected chi connectivity index (χ3v) is 1.22. The van der Waals surface area contributed by atoms with Crippen LogP contribution in [0, 0.1) is 0 Å². The Morgan fingerprint density at radius 1 is 1.33 bits per heavy atom. The molecule has 1 radical (unpaired) electrons. The van der Waals surface area contributed by atoms with E-state index in [0.717, 1.165) is 0 Å². The molecule has 3 heteroatoms. The molecule has 0 aliphatic rings. The van der Waals surface area contributed by atoms with E-state index in [-0.39, 0.29) is 19.5 Å². The maximum Gasteiger partial charge on any atom is 0.106 e. The molecule has 0 fully saturated rings. The Morgan fingerprint density at radius 2 is 1.78 bits per heavy atom. The first-order chi connectivity index (χ1) is 3.91. The summed E-state index contributed by atoms with van der Waals surface area (Å²) in [5.41, 5.74) is 0. The summed E-state index contributed by atoms with van der Waals surface area (Å²) in [5, 5.41) is 0. The van der Waals surface area contributed by atoms with Crippen molar-refractivity contribution in [1.82, 2.24) is 0 Å². The first-order valence-electron chi connectivity index (χ1n) is 2.90. The summed E-state index contributed by atoms with van der Waals surface area (Å²) in [4.78, 5) is 8.00. The fourth-order valence-corrected chi connectivity index (χ4v) is 0.683. The van der Waals surface area contributed by atoms with Crippen LogP contribution >= 0.6 is 9.24 Å². The zero-order chi connectivity index (χ0) is 6.83. The standard InChI is InChI=1S/C5H13P.CH2O.Rh/c1-2-3-4-5-6;1-2;/h2-6H2,1H3;1H2;. The molecule has 59 valence electrons. The van der Waals surface area contributed by atoms with Crippen LogP contribution in [0.5, 0.6) is 0 Å². The van der Waals surface area contributed by atoms with Gasteiger partial charge in [0, 0.05) is 19.5 Å². The van der Waals surface area contributed by atoms with Crippen LogP contribution in [0.15, 0.2) is 0 Å². The molecular formula is C6H15OPRh. The van der Waals surface area contributed by atoms with E-state index in [4.69, 9.17) is 4.79 Å². The third-order valence-electron chi connectivity index (χ3n) is 0.808. The Morgan fingerprint density at radius 3 is 1.89 bits per heavy atom. The van der Waals surface area contributed by atoms with E-state index in [0.29, 0.717) is 0 Å². The predicted molar refractivity (Wildman–Crippen MR) is 41.2 cm³/mol. The van der Waals surface area contributed by atoms with Gasteiger partial charge in [0.05, 0.1) is 0 Å². The molecule has 1 unspecified atom stereocenters. The molecule has 0 rings (SSSR count). The molecule has 9 heavy (non-hydrogen) atoms. The molecule has 0 amide bonds. The van der Waals surface area contributed by atoms with Gasteiger partial charge in [-0.15, -0.1) is 9.24 Å². The Balaban J connectivity index is -0.000000109. The molecule has 1 atom stereocenters. The summed E-state index contributed by atoms with van der Waals surface area (Å²) in [5.74, 6) is 0. The van der Waals surface area contributed by atoms with Gasteiger partial charge in [-0.3, -0.25) is 0 Å². The van der Waals surface area contributed by atoms with E-state index in [1.165, 1.54) is 25.4 Å². The molecular weight excluding hydrogens is 222 g/mol. The van der Waals surface area contributed by atoms with Crippen molar-refractivity contribution in [2.75, 3.05) is 6.16 Å². The fourth-order valence-electron chi connectivity index (χ4n) is 0.394. The molecule has 0 aliphatic carbocycles. The number of unbranched alkanes of at least 4 members (excludes halogenated alkanes) is 2. The summed E-state index contributed by atoms with van der Waals surface area (Å²) in [6, 6.07) is 0. The van der Waals surface area contributed by atoms with Gasteiger partial charge >= 0.3 is 0 Å². The van der Waals surface area contributed by atoms with E-state index in [1.54, 1.807) is 0 Å². The van der Waals surface area contributed by atoms with Crippen LogP contribution in [0.25, 0.3) is 0 Å². The number of hydrogen-bond donors (Lipinski definition) is 0. The van der Waals surface area contributed by atoms with Gasteiger partial charge in [-0.2, -0.15) is 0 Å². The first-order valence-corrected chi connectivity index (χ1v) is 3.72. The van der Waals surface area contributed by atoms with Gasteiger partial charge in [-0.25, -0.2) is 0 Å². The Hall–Kier alpha value is 0.723. The maximum absolute atomic E-state index is 8.00. The van der Waals surface area contributed by atoms with Crippen LogP contribution in [0.4, 0.5) is 0 Å². The van der Waals surface area contributed by atoms with E-state index in [9.17, 15) is 0 Å². The molecule has 0 aromatic heterocycles. The van der Waals surface area contributed by atoms with Gasteiger partial charge in [-0.05, 0) is 12.6 Å². The average Bonchev–Trinajstić information content (AvgIpc) is 1.88. The quantitative estimate of drug-likeness (QED) is 0.416. The van der Waals surface area contributed by atoms with Crippen molar-refractivity contribution >= 4 is 16.0 Å². The van der Waals surface area contributed by atoms with Crippen molar-refractivity contribution in [3.8, 4) is 0 Å². The molecule has 0 saturated heterocycles. The molecule has 0 aliphatic heterocycles. The SMILES string of the molecule is C=O.CCCCCP.[Rh]. The van der Waals surface area contributed by atoms with E-state index >= 15 is 0 Å². The Bertz CT molecular complexity index is 32.2. The third kappa shape index (κ3) is 28.4. The van der Waals surface area contributed by atoms with Crippen LogP contribution in [-0.2, 0) is 24.3 Å². The molecule has 0 saturated carbocycles. The van der Waals surface area contributed by atoms with Crippen molar-refractivity contribution in [2.24, 2.45) is 0 Å². The Kier molecular flexibility index (Phi) is 42.4. The molecule has 0 spiro atoms. The van der Waals surface area contributed by atoms with Crippen molar-refractivity contribution in [3.05, 3.63) is 0 Å². The second-order valence-electron chi connectivity index (χ2n) is 1.50. The first kappa shape index (κ1) is 16.4. The molecule has 0 bridgehead atoms. The molecule has 1 nitrogen and oxygen atoms in total. The molecule has 0 heterocycles. The largest absolute Gasteiger partial charge is 0.307 e. The number of rotatable bonds is 3. The van der Waals surface area contributed by atoms with Gasteiger partial charge in [0.25, 0.3) is 0 Å². The zero-order valence-electron chi connectivity index (χ0n) is 5.85. The Labute approximate surface area is 72.9 Å². The number of carbonyl (C=O) groups is 1. The van der Waals surface area contributed by atoms with Gasteiger partial charge in [0.15, 0.2) is 0 Å². The smallest absolute Gasteiger partial charge is 0.106 e. The molecule has 0 N–H and O–H groups in total. The van der Waals surface area contributed by atoms with Crippen LogP contribution in [0.2, 0.25) is 0 Å². The van der Waals surface area contributed by atoms with Gasteiger partial charge in [0.2, 0.25) is 0 Å². The van der Waals surface area contributed by atoms with Gasteiger partial charge in [-0.1, -0.05) is 19.8 Å². The molecule has 0 aromatic rings. The number of carbonyl (C=O) groups excluding carboxylic acids is 1. The summed E-state index contributed by atoms with van der Waals surface area (Å²) >= 11 is 0. The van der Waals surface area contributed by atoms with Crippen molar-refractivity contribution in [1.29, 1.82) is 0 Å². The number of hydrogen-bond acceptors (Lipinski definition) is 1. The minimum absolute atomic E-state index is 0. The van der Waals surface area contributed by atoms with Crippen molar-refractivity contribution in [3.63, 3.8) is 0 Å². The minimum atomic E-state index is 0. The van der Waals surface area contributed by atoms with Crippen LogP contribution in [-0.4, -0.2) is 13.0 Å². The summed E-state index contributed by atoms with van der Waals surface area (Å²) in [7, 11) is 2.73. The summed E-state index contributed by atoms with van der Waals surface area (Å²) in [6.07, 6.45) is 5.38. The van der Waals surface area contributed by atoms with E-state index in [2.05, 4.69) is 16.2 Å². The van der Waals surface area contributed by atoms with Gasteiger partial charge < -0.3 is 4.79 Å². The fraction of sp³-hybridized carbons (Fsp3) is 0.833. The summed E-state index contributed by atoms with van der Waals surface area (Å²) < 4.78 is 0. The molecule has 0 aromatic carbocycles. The van der Waals surface area contributed by atoms with Crippen molar-refractivity contribution in [2.45, 2.75) is 26.2 Å². The zero-order valence-corrected chi connectivity index (χ0v) is 8.65. The second kappa shape index (κ2) is 23.3. The van der Waals surface area contributed by atoms with Gasteiger partial charge in [0.1, 0.15) is 6.79 Å². The normalized spacial score (nSPS) is 6.44. The second-order valence-corrected chi connectivity index (χ2v) is 2.07. The van der Waals surface area contributed by atoms with Crippen LogP contribution in [0.3, 0.4) is 0 Å². The minimum Gasteiger partial charge on any atom is -0.307 e. The average molecular weight is 237 g/mol.